The van der Waals surface area contributed by atoms with Crippen LogP contribution in [0, 0.1) is 6.92 Å². The number of carbonyl (C=O) groups is 1. The SMILES string of the molecule is CCN(C(=O)c1ccnc(N(C)Cc2ccccc2)c1)c1cccc(C)c1. The zero-order valence-corrected chi connectivity index (χ0v) is 16.1. The highest BCUT2D eigenvalue weighted by molar-refractivity contribution is 6.06. The highest BCUT2D eigenvalue weighted by Gasteiger charge is 2.17. The normalized spacial score (nSPS) is 10.5. The lowest BCUT2D eigenvalue weighted by Crippen LogP contribution is -2.31. The number of rotatable bonds is 6. The number of carbonyl (C=O) groups excluding carboxylic acids is 1. The van der Waals surface area contributed by atoms with Crippen molar-refractivity contribution in [2.24, 2.45) is 0 Å². The van der Waals surface area contributed by atoms with Crippen LogP contribution >= 0.6 is 0 Å². The van der Waals surface area contributed by atoms with Gasteiger partial charge in [0.1, 0.15) is 5.82 Å². The zero-order chi connectivity index (χ0) is 19.2. The van der Waals surface area contributed by atoms with Crippen LogP contribution in [0.2, 0.25) is 0 Å². The van der Waals surface area contributed by atoms with Gasteiger partial charge in [0, 0.05) is 37.6 Å². The molecule has 0 radical (unpaired) electrons. The molecular weight excluding hydrogens is 334 g/mol. The lowest BCUT2D eigenvalue weighted by atomic mass is 10.1. The number of benzene rings is 2. The van der Waals surface area contributed by atoms with Crippen molar-refractivity contribution < 1.29 is 4.79 Å². The van der Waals surface area contributed by atoms with Crippen molar-refractivity contribution in [3.8, 4) is 0 Å². The maximum atomic E-state index is 13.1. The standard InChI is InChI=1S/C23H25N3O/c1-4-26(21-12-8-9-18(2)15-21)23(27)20-13-14-24-22(16-20)25(3)17-19-10-6-5-7-11-19/h5-16H,4,17H2,1-3H3. The summed E-state index contributed by atoms with van der Waals surface area (Å²) in [5.41, 5.74) is 3.90. The number of aryl methyl sites for hydroxylation is 1. The van der Waals surface area contributed by atoms with Gasteiger partial charge in [-0.15, -0.1) is 0 Å². The van der Waals surface area contributed by atoms with E-state index in [0.29, 0.717) is 12.1 Å². The average Bonchev–Trinajstić information content (AvgIpc) is 2.69. The van der Waals surface area contributed by atoms with Crippen LogP contribution in [0.15, 0.2) is 72.9 Å². The molecular formula is C23H25N3O. The smallest absolute Gasteiger partial charge is 0.258 e. The summed E-state index contributed by atoms with van der Waals surface area (Å²) < 4.78 is 0. The molecule has 27 heavy (non-hydrogen) atoms. The van der Waals surface area contributed by atoms with E-state index in [1.807, 2.05) is 69.4 Å². The van der Waals surface area contributed by atoms with E-state index in [2.05, 4.69) is 22.0 Å². The van der Waals surface area contributed by atoms with Gasteiger partial charge in [0.15, 0.2) is 0 Å². The highest BCUT2D eigenvalue weighted by Crippen LogP contribution is 2.20. The van der Waals surface area contributed by atoms with Gasteiger partial charge in [-0.1, -0.05) is 42.5 Å². The first-order chi connectivity index (χ1) is 13.1. The summed E-state index contributed by atoms with van der Waals surface area (Å²) in [5.74, 6) is 0.768. The van der Waals surface area contributed by atoms with Crippen LogP contribution in [0.25, 0.3) is 0 Å². The molecule has 3 aromatic rings. The Balaban J connectivity index is 1.82. The molecule has 4 nitrogen and oxygen atoms in total. The quantitative estimate of drug-likeness (QED) is 0.640. The van der Waals surface area contributed by atoms with Crippen molar-refractivity contribution in [3.63, 3.8) is 0 Å². The molecule has 0 N–H and O–H groups in total. The number of pyridine rings is 1. The minimum atomic E-state index is -0.0140. The van der Waals surface area contributed by atoms with Crippen molar-refractivity contribution in [1.82, 2.24) is 4.98 Å². The summed E-state index contributed by atoms with van der Waals surface area (Å²) in [6.07, 6.45) is 1.70. The molecule has 0 aliphatic carbocycles. The maximum absolute atomic E-state index is 13.1. The van der Waals surface area contributed by atoms with E-state index in [9.17, 15) is 4.79 Å². The largest absolute Gasteiger partial charge is 0.355 e. The molecule has 2 aromatic carbocycles. The molecule has 1 heterocycles. The Morgan fingerprint density at radius 3 is 2.48 bits per heavy atom. The Kier molecular flexibility index (Phi) is 5.87. The molecule has 0 unspecified atom stereocenters. The lowest BCUT2D eigenvalue weighted by Gasteiger charge is -2.23. The predicted molar refractivity (Wildman–Crippen MR) is 111 cm³/mol. The number of hydrogen-bond acceptors (Lipinski definition) is 3. The Bertz CT molecular complexity index is 908. The molecule has 0 saturated carbocycles. The van der Waals surface area contributed by atoms with Gasteiger partial charge in [0.25, 0.3) is 5.91 Å². The van der Waals surface area contributed by atoms with E-state index in [1.165, 1.54) is 5.56 Å². The first-order valence-electron chi connectivity index (χ1n) is 9.18. The van der Waals surface area contributed by atoms with Crippen LogP contribution in [0.4, 0.5) is 11.5 Å². The van der Waals surface area contributed by atoms with Crippen LogP contribution in [-0.4, -0.2) is 24.5 Å². The second kappa shape index (κ2) is 8.49. The molecule has 3 rings (SSSR count). The van der Waals surface area contributed by atoms with Crippen molar-refractivity contribution in [2.45, 2.75) is 20.4 Å². The minimum Gasteiger partial charge on any atom is -0.355 e. The molecule has 4 heteroatoms. The van der Waals surface area contributed by atoms with Crippen LogP contribution < -0.4 is 9.80 Å². The van der Waals surface area contributed by atoms with Crippen molar-refractivity contribution >= 4 is 17.4 Å². The van der Waals surface area contributed by atoms with Gasteiger partial charge in [-0.2, -0.15) is 0 Å². The molecule has 0 spiro atoms. The monoisotopic (exact) mass is 359 g/mol. The molecule has 0 bridgehead atoms. The first-order valence-corrected chi connectivity index (χ1v) is 9.18. The van der Waals surface area contributed by atoms with Gasteiger partial charge in [-0.3, -0.25) is 4.79 Å². The number of nitrogens with zero attached hydrogens (tertiary/aromatic N) is 3. The fraction of sp³-hybridized carbons (Fsp3) is 0.217. The maximum Gasteiger partial charge on any atom is 0.258 e. The van der Waals surface area contributed by atoms with Crippen LogP contribution in [0.5, 0.6) is 0 Å². The number of aromatic nitrogens is 1. The number of anilines is 2. The summed E-state index contributed by atoms with van der Waals surface area (Å²) in [5, 5.41) is 0. The van der Waals surface area contributed by atoms with Crippen LogP contribution in [-0.2, 0) is 6.54 Å². The molecule has 0 saturated heterocycles. The summed E-state index contributed by atoms with van der Waals surface area (Å²) in [6, 6.07) is 21.9. The Morgan fingerprint density at radius 2 is 1.78 bits per heavy atom. The van der Waals surface area contributed by atoms with Crippen LogP contribution in [0.3, 0.4) is 0 Å². The topological polar surface area (TPSA) is 36.4 Å². The average molecular weight is 359 g/mol. The van der Waals surface area contributed by atoms with Crippen molar-refractivity contribution in [1.29, 1.82) is 0 Å². The number of hydrogen-bond donors (Lipinski definition) is 0. The summed E-state index contributed by atoms with van der Waals surface area (Å²) >= 11 is 0. The highest BCUT2D eigenvalue weighted by atomic mass is 16.2. The Labute approximate surface area is 161 Å². The molecule has 0 atom stereocenters. The zero-order valence-electron chi connectivity index (χ0n) is 16.1. The van der Waals surface area contributed by atoms with E-state index in [0.717, 1.165) is 23.6 Å². The molecule has 1 aromatic heterocycles. The van der Waals surface area contributed by atoms with E-state index >= 15 is 0 Å². The first kappa shape index (κ1) is 18.6. The molecule has 138 valence electrons. The number of amides is 1. The Hall–Kier alpha value is -3.14. The molecule has 0 aliphatic rings. The molecule has 1 amide bonds. The van der Waals surface area contributed by atoms with Crippen LogP contribution in [0.1, 0.15) is 28.4 Å². The van der Waals surface area contributed by atoms with Gasteiger partial charge in [0.05, 0.1) is 0 Å². The van der Waals surface area contributed by atoms with Gasteiger partial charge in [-0.25, -0.2) is 4.98 Å². The van der Waals surface area contributed by atoms with Crippen molar-refractivity contribution in [2.75, 3.05) is 23.4 Å². The fourth-order valence-electron chi connectivity index (χ4n) is 3.09. The van der Waals surface area contributed by atoms with Gasteiger partial charge >= 0.3 is 0 Å². The van der Waals surface area contributed by atoms with Gasteiger partial charge in [-0.05, 0) is 49.2 Å². The summed E-state index contributed by atoms with van der Waals surface area (Å²) in [7, 11) is 1.99. The third-order valence-electron chi connectivity index (χ3n) is 4.52. The minimum absolute atomic E-state index is 0.0140. The molecule has 0 fully saturated rings. The lowest BCUT2D eigenvalue weighted by molar-refractivity contribution is 0.0988. The van der Waals surface area contributed by atoms with Gasteiger partial charge < -0.3 is 9.80 Å². The van der Waals surface area contributed by atoms with Gasteiger partial charge in [0.2, 0.25) is 0 Å². The van der Waals surface area contributed by atoms with E-state index in [-0.39, 0.29) is 5.91 Å². The third kappa shape index (κ3) is 4.53. The van der Waals surface area contributed by atoms with E-state index in [1.54, 1.807) is 17.2 Å². The predicted octanol–water partition coefficient (Wildman–Crippen LogP) is 4.69. The van der Waals surface area contributed by atoms with E-state index < -0.39 is 0 Å². The Morgan fingerprint density at radius 1 is 1.00 bits per heavy atom. The summed E-state index contributed by atoms with van der Waals surface area (Å²) in [4.78, 5) is 21.4. The molecule has 0 aliphatic heterocycles. The second-order valence-electron chi connectivity index (χ2n) is 6.63. The second-order valence-corrected chi connectivity index (χ2v) is 6.63. The summed E-state index contributed by atoms with van der Waals surface area (Å²) in [6.45, 7) is 5.37. The third-order valence-corrected chi connectivity index (χ3v) is 4.52. The van der Waals surface area contributed by atoms with E-state index in [4.69, 9.17) is 0 Å². The fourth-order valence-corrected chi connectivity index (χ4v) is 3.09. The van der Waals surface area contributed by atoms with Crippen molar-refractivity contribution in [3.05, 3.63) is 89.6 Å².